The lowest BCUT2D eigenvalue weighted by molar-refractivity contribution is 0.455. The number of nitrogens with zero attached hydrogens (tertiary/aromatic N) is 1. The van der Waals surface area contributed by atoms with Crippen LogP contribution in [0.3, 0.4) is 0 Å². The molecule has 4 heteroatoms. The van der Waals surface area contributed by atoms with Crippen LogP contribution in [0.1, 0.15) is 25.5 Å². The lowest BCUT2D eigenvalue weighted by atomic mass is 10.0. The van der Waals surface area contributed by atoms with Crippen LogP contribution in [0.15, 0.2) is 42.5 Å². The van der Waals surface area contributed by atoms with Gasteiger partial charge in [-0.05, 0) is 44.2 Å². The molecule has 0 fully saturated rings. The van der Waals surface area contributed by atoms with Crippen LogP contribution in [0.2, 0.25) is 0 Å². The summed E-state index contributed by atoms with van der Waals surface area (Å²) in [4.78, 5) is 2.01. The van der Waals surface area contributed by atoms with Gasteiger partial charge in [-0.15, -0.1) is 0 Å². The summed E-state index contributed by atoms with van der Waals surface area (Å²) in [7, 11) is 0. The third kappa shape index (κ3) is 2.90. The van der Waals surface area contributed by atoms with Crippen molar-refractivity contribution in [2.24, 2.45) is 0 Å². The zero-order valence-corrected chi connectivity index (χ0v) is 11.5. The van der Waals surface area contributed by atoms with Gasteiger partial charge in [-0.3, -0.25) is 0 Å². The molecule has 0 aliphatic heterocycles. The Morgan fingerprint density at radius 2 is 1.65 bits per heavy atom. The smallest absolute Gasteiger partial charge is 0.126 e. The summed E-state index contributed by atoms with van der Waals surface area (Å²) in [5.74, 6) is -0.830. The normalized spacial score (nSPS) is 12.2. The van der Waals surface area contributed by atoms with Crippen LogP contribution in [-0.4, -0.2) is 11.7 Å². The summed E-state index contributed by atoms with van der Waals surface area (Å²) in [6.45, 7) is 4.57. The Morgan fingerprint density at radius 3 is 2.20 bits per heavy atom. The molecule has 0 amide bonds. The standard InChI is InChI=1S/C16H17F2NO/c1-3-19(14-7-4-12(17)5-8-14)11(2)15-9-6-13(18)10-16(15)20/h4-11,20H,3H2,1-2H3. The van der Waals surface area contributed by atoms with Gasteiger partial charge in [0.1, 0.15) is 17.4 Å². The Labute approximate surface area is 117 Å². The number of aromatic hydroxyl groups is 1. The summed E-state index contributed by atoms with van der Waals surface area (Å²) < 4.78 is 26.0. The lowest BCUT2D eigenvalue weighted by Gasteiger charge is -2.31. The fourth-order valence-electron chi connectivity index (χ4n) is 2.35. The molecule has 2 nitrogen and oxygen atoms in total. The Morgan fingerprint density at radius 1 is 1.05 bits per heavy atom. The Hall–Kier alpha value is -2.10. The van der Waals surface area contributed by atoms with Crippen LogP contribution in [-0.2, 0) is 0 Å². The van der Waals surface area contributed by atoms with E-state index < -0.39 is 5.82 Å². The van der Waals surface area contributed by atoms with E-state index in [1.54, 1.807) is 18.2 Å². The number of hydrogen-bond donors (Lipinski definition) is 1. The average Bonchev–Trinajstić information content (AvgIpc) is 2.41. The number of benzene rings is 2. The number of rotatable bonds is 4. The third-order valence-corrected chi connectivity index (χ3v) is 3.41. The zero-order valence-electron chi connectivity index (χ0n) is 11.5. The van der Waals surface area contributed by atoms with Gasteiger partial charge in [-0.25, -0.2) is 8.78 Å². The summed E-state index contributed by atoms with van der Waals surface area (Å²) in [5.41, 5.74) is 1.49. The van der Waals surface area contributed by atoms with Gasteiger partial charge in [0.2, 0.25) is 0 Å². The zero-order chi connectivity index (χ0) is 14.7. The number of hydrogen-bond acceptors (Lipinski definition) is 2. The van der Waals surface area contributed by atoms with Gasteiger partial charge >= 0.3 is 0 Å². The van der Waals surface area contributed by atoms with Gasteiger partial charge in [-0.1, -0.05) is 6.07 Å². The molecule has 2 aromatic carbocycles. The SMILES string of the molecule is CCN(c1ccc(F)cc1)C(C)c1ccc(F)cc1O. The van der Waals surface area contributed by atoms with E-state index in [-0.39, 0.29) is 17.6 Å². The van der Waals surface area contributed by atoms with E-state index in [0.29, 0.717) is 12.1 Å². The maximum absolute atomic E-state index is 13.0. The molecular formula is C16H17F2NO. The maximum Gasteiger partial charge on any atom is 0.126 e. The Bertz CT molecular complexity index is 584. The second kappa shape index (κ2) is 5.90. The van der Waals surface area contributed by atoms with Crippen molar-refractivity contribution in [1.82, 2.24) is 0 Å². The first kappa shape index (κ1) is 14.3. The molecule has 1 atom stereocenters. The molecule has 0 heterocycles. The van der Waals surface area contributed by atoms with Crippen LogP contribution >= 0.6 is 0 Å². The molecule has 0 saturated carbocycles. The van der Waals surface area contributed by atoms with Crippen molar-refractivity contribution in [3.05, 3.63) is 59.7 Å². The molecule has 106 valence electrons. The van der Waals surface area contributed by atoms with E-state index in [9.17, 15) is 13.9 Å². The van der Waals surface area contributed by atoms with Crippen molar-refractivity contribution in [1.29, 1.82) is 0 Å². The highest BCUT2D eigenvalue weighted by Crippen LogP contribution is 2.32. The van der Waals surface area contributed by atoms with Crippen molar-refractivity contribution >= 4 is 5.69 Å². The van der Waals surface area contributed by atoms with E-state index in [0.717, 1.165) is 11.8 Å². The van der Waals surface area contributed by atoms with Crippen molar-refractivity contribution in [3.8, 4) is 5.75 Å². The van der Waals surface area contributed by atoms with Crippen LogP contribution in [0, 0.1) is 11.6 Å². The van der Waals surface area contributed by atoms with Gasteiger partial charge in [0.15, 0.2) is 0 Å². The molecule has 2 rings (SSSR count). The van der Waals surface area contributed by atoms with E-state index in [1.807, 2.05) is 18.7 Å². The Kier molecular flexibility index (Phi) is 4.23. The molecule has 0 aliphatic rings. The number of phenols is 1. The van der Waals surface area contributed by atoms with Crippen LogP contribution < -0.4 is 4.90 Å². The monoisotopic (exact) mass is 277 g/mol. The van der Waals surface area contributed by atoms with Crippen LogP contribution in [0.5, 0.6) is 5.75 Å². The largest absolute Gasteiger partial charge is 0.507 e. The molecule has 20 heavy (non-hydrogen) atoms. The van der Waals surface area contributed by atoms with Gasteiger partial charge in [0, 0.05) is 23.9 Å². The predicted molar refractivity (Wildman–Crippen MR) is 75.9 cm³/mol. The molecule has 1 unspecified atom stereocenters. The molecule has 0 spiro atoms. The number of anilines is 1. The maximum atomic E-state index is 13.0. The second-order valence-corrected chi connectivity index (χ2v) is 4.64. The van der Waals surface area contributed by atoms with Crippen molar-refractivity contribution in [3.63, 3.8) is 0 Å². The highest BCUT2D eigenvalue weighted by molar-refractivity contribution is 5.50. The highest BCUT2D eigenvalue weighted by atomic mass is 19.1. The van der Waals surface area contributed by atoms with E-state index in [4.69, 9.17) is 0 Å². The lowest BCUT2D eigenvalue weighted by Crippen LogP contribution is -2.26. The van der Waals surface area contributed by atoms with Crippen LogP contribution in [0.4, 0.5) is 14.5 Å². The molecule has 0 radical (unpaired) electrons. The third-order valence-electron chi connectivity index (χ3n) is 3.41. The molecule has 0 bridgehead atoms. The van der Waals surface area contributed by atoms with E-state index in [2.05, 4.69) is 0 Å². The molecule has 1 N–H and O–H groups in total. The molecule has 0 saturated heterocycles. The quantitative estimate of drug-likeness (QED) is 0.902. The average molecular weight is 277 g/mol. The topological polar surface area (TPSA) is 23.5 Å². The van der Waals surface area contributed by atoms with Crippen molar-refractivity contribution in [2.45, 2.75) is 19.9 Å². The minimum atomic E-state index is -0.469. The molecular weight excluding hydrogens is 260 g/mol. The predicted octanol–water partition coefficient (Wildman–Crippen LogP) is 4.26. The van der Waals surface area contributed by atoms with E-state index >= 15 is 0 Å². The second-order valence-electron chi connectivity index (χ2n) is 4.64. The molecule has 2 aromatic rings. The highest BCUT2D eigenvalue weighted by Gasteiger charge is 2.18. The molecule has 0 aliphatic carbocycles. The minimum absolute atomic E-state index is 0.0712. The first-order chi connectivity index (χ1) is 9.52. The van der Waals surface area contributed by atoms with Crippen LogP contribution in [0.25, 0.3) is 0 Å². The van der Waals surface area contributed by atoms with Gasteiger partial charge in [-0.2, -0.15) is 0 Å². The first-order valence-corrected chi connectivity index (χ1v) is 6.53. The Balaban J connectivity index is 2.33. The van der Waals surface area contributed by atoms with Gasteiger partial charge in [0.25, 0.3) is 0 Å². The van der Waals surface area contributed by atoms with Crippen molar-refractivity contribution < 1.29 is 13.9 Å². The van der Waals surface area contributed by atoms with Crippen molar-refractivity contribution in [2.75, 3.05) is 11.4 Å². The number of phenolic OH excluding ortho intramolecular Hbond substituents is 1. The number of halogens is 2. The summed E-state index contributed by atoms with van der Waals surface area (Å²) in [5, 5.41) is 9.87. The van der Waals surface area contributed by atoms with E-state index in [1.165, 1.54) is 18.2 Å². The molecule has 0 aromatic heterocycles. The minimum Gasteiger partial charge on any atom is -0.507 e. The van der Waals surface area contributed by atoms with Gasteiger partial charge < -0.3 is 10.0 Å². The first-order valence-electron chi connectivity index (χ1n) is 6.53. The van der Waals surface area contributed by atoms with Gasteiger partial charge in [0.05, 0.1) is 6.04 Å². The summed E-state index contributed by atoms with van der Waals surface area (Å²) in [6.07, 6.45) is 0. The fourth-order valence-corrected chi connectivity index (χ4v) is 2.35. The summed E-state index contributed by atoms with van der Waals surface area (Å²) in [6, 6.07) is 10.0. The summed E-state index contributed by atoms with van der Waals surface area (Å²) >= 11 is 0. The fraction of sp³-hybridized carbons (Fsp3) is 0.250.